The topological polar surface area (TPSA) is 145 Å². The second-order valence-electron chi connectivity index (χ2n) is 10.9. The number of fused-ring (bicyclic) bond motifs is 2. The van der Waals surface area contributed by atoms with Gasteiger partial charge in [0, 0.05) is 32.0 Å². The van der Waals surface area contributed by atoms with Gasteiger partial charge in [-0.25, -0.2) is 9.59 Å². The van der Waals surface area contributed by atoms with Gasteiger partial charge >= 0.3 is 24.1 Å². The van der Waals surface area contributed by atoms with Gasteiger partial charge in [0.1, 0.15) is 6.10 Å². The minimum Gasteiger partial charge on any atom is -0.479 e. The Morgan fingerprint density at radius 2 is 1.53 bits per heavy atom. The van der Waals surface area contributed by atoms with Crippen molar-refractivity contribution >= 4 is 40.6 Å². The minimum atomic E-state index is -5.08. The highest BCUT2D eigenvalue weighted by molar-refractivity contribution is 7.12. The van der Waals surface area contributed by atoms with Crippen LogP contribution < -0.4 is 0 Å². The summed E-state index contributed by atoms with van der Waals surface area (Å²) in [4.78, 5) is 34.7. The van der Waals surface area contributed by atoms with E-state index >= 15 is 0 Å². The molecule has 0 amide bonds. The number of benzene rings is 1. The third-order valence-corrected chi connectivity index (χ3v) is 9.72. The number of aliphatic carboxylic acids is 2. The summed E-state index contributed by atoms with van der Waals surface area (Å²) in [5.41, 5.74) is 0.571. The van der Waals surface area contributed by atoms with Crippen LogP contribution in [0.1, 0.15) is 47.1 Å². The predicted molar refractivity (Wildman–Crippen MR) is 162 cm³/mol. The zero-order valence-electron chi connectivity index (χ0n) is 24.6. The molecule has 14 heteroatoms. The number of halogens is 3. The number of carbonyl (C=O) groups is 3. The summed E-state index contributed by atoms with van der Waals surface area (Å²) in [7, 11) is 2.19. The number of carbonyl (C=O) groups excluding carboxylic acids is 1. The molecule has 2 heterocycles. The normalized spacial score (nSPS) is 20.5. The number of hydrogen-bond donors (Lipinski definition) is 4. The number of aliphatic hydroxyl groups is 2. The van der Waals surface area contributed by atoms with Crippen LogP contribution in [0.2, 0.25) is 0 Å². The lowest BCUT2D eigenvalue weighted by molar-refractivity contribution is -0.192. The molecular formula is C31H36F3NO8S2. The van der Waals surface area contributed by atoms with E-state index in [1.54, 1.807) is 35.0 Å². The molecule has 0 radical (unpaired) electrons. The zero-order chi connectivity index (χ0) is 33.4. The summed E-state index contributed by atoms with van der Waals surface area (Å²) in [5, 5.41) is 39.1. The Balaban J connectivity index is 0.000000215. The number of esters is 1. The third-order valence-electron chi connectivity index (χ3n) is 7.76. The van der Waals surface area contributed by atoms with Crippen LogP contribution in [0.4, 0.5) is 13.2 Å². The number of hydrogen-bond acceptors (Lipinski definition) is 9. The monoisotopic (exact) mass is 671 g/mol. The lowest BCUT2D eigenvalue weighted by atomic mass is 9.98. The maximum atomic E-state index is 11.3. The standard InChI is InChI=1S/C19H27NO3.C10H8O3S2.C2HF3O2/c1-13(22)23-18-11-16-6-7-17(18)19(16)20(2)12-15-5-3-4-14(10-15)8-9-21;11-9(12)10(13,7-3-1-5-14-7)8-4-2-6-15-8;3-2(4,5)1(6)7/h3-5,10,16-19,21H,6-9,11-12H2,1-2H3;1-6,13H,(H,11,12);(H,6,7). The van der Waals surface area contributed by atoms with Gasteiger partial charge in [-0.05, 0) is 72.7 Å². The molecular weight excluding hydrogens is 635 g/mol. The number of thiophene rings is 2. The van der Waals surface area contributed by atoms with E-state index in [4.69, 9.17) is 24.9 Å². The number of carboxylic acid groups (broad SMARTS) is 2. The van der Waals surface area contributed by atoms with E-state index in [1.165, 1.54) is 53.6 Å². The number of rotatable bonds is 9. The first kappa shape index (κ1) is 36.2. The summed E-state index contributed by atoms with van der Waals surface area (Å²) in [5.74, 6) is -3.02. The Morgan fingerprint density at radius 3 is 2.00 bits per heavy atom. The summed E-state index contributed by atoms with van der Waals surface area (Å²) in [6.07, 6.45) is -0.825. The largest absolute Gasteiger partial charge is 0.490 e. The van der Waals surface area contributed by atoms with Crippen molar-refractivity contribution in [2.24, 2.45) is 11.8 Å². The van der Waals surface area contributed by atoms with Crippen molar-refractivity contribution in [1.29, 1.82) is 0 Å². The average Bonchev–Trinajstić information content (AvgIpc) is 3.78. The van der Waals surface area contributed by atoms with Gasteiger partial charge in [-0.15, -0.1) is 22.7 Å². The molecule has 2 aliphatic rings. The van der Waals surface area contributed by atoms with E-state index in [0.29, 0.717) is 34.1 Å². The van der Waals surface area contributed by atoms with Crippen LogP contribution in [0, 0.1) is 11.8 Å². The lowest BCUT2D eigenvalue weighted by Crippen LogP contribution is -2.37. The fraction of sp³-hybridized carbons (Fsp3) is 0.452. The second kappa shape index (κ2) is 15.8. The summed E-state index contributed by atoms with van der Waals surface area (Å²) in [6.45, 7) is 2.61. The van der Waals surface area contributed by atoms with Gasteiger partial charge in [0.05, 0.1) is 9.75 Å². The molecule has 3 aromatic rings. The predicted octanol–water partition coefficient (Wildman–Crippen LogP) is 5.15. The SMILES string of the molecule is CC(=O)OC1CC2CCC1C2N(C)Cc1cccc(CCO)c1.O=C(O)C(F)(F)F.O=C(O)C(O)(c1cccs1)c1cccs1. The van der Waals surface area contributed by atoms with Crippen molar-refractivity contribution in [3.8, 4) is 0 Å². The fourth-order valence-electron chi connectivity index (χ4n) is 5.98. The Hall–Kier alpha value is -3.30. The first-order chi connectivity index (χ1) is 21.2. The zero-order valence-corrected chi connectivity index (χ0v) is 26.3. The van der Waals surface area contributed by atoms with E-state index in [9.17, 15) is 27.9 Å². The van der Waals surface area contributed by atoms with E-state index in [2.05, 4.69) is 36.2 Å². The van der Waals surface area contributed by atoms with Crippen LogP contribution in [-0.4, -0.2) is 75.2 Å². The second-order valence-corrected chi connectivity index (χ2v) is 12.8. The van der Waals surface area contributed by atoms with E-state index in [0.717, 1.165) is 13.0 Å². The highest BCUT2D eigenvalue weighted by Crippen LogP contribution is 2.48. The number of carboxylic acids is 2. The molecule has 0 spiro atoms. The first-order valence-electron chi connectivity index (χ1n) is 14.1. The molecule has 4 atom stereocenters. The van der Waals surface area contributed by atoms with Crippen LogP contribution in [0.3, 0.4) is 0 Å². The molecule has 0 aliphatic heterocycles. The lowest BCUT2D eigenvalue weighted by Gasteiger charge is -2.29. The van der Waals surface area contributed by atoms with Crippen molar-refractivity contribution < 1.29 is 52.7 Å². The molecule has 5 rings (SSSR count). The highest BCUT2D eigenvalue weighted by Gasteiger charge is 2.51. The molecule has 4 unspecified atom stereocenters. The van der Waals surface area contributed by atoms with Crippen LogP contribution in [0.5, 0.6) is 0 Å². The van der Waals surface area contributed by atoms with Gasteiger partial charge in [-0.2, -0.15) is 13.2 Å². The molecule has 2 bridgehead atoms. The van der Waals surface area contributed by atoms with Gasteiger partial charge in [-0.1, -0.05) is 36.4 Å². The van der Waals surface area contributed by atoms with Crippen LogP contribution in [0.15, 0.2) is 59.3 Å². The summed E-state index contributed by atoms with van der Waals surface area (Å²) >= 11 is 2.46. The van der Waals surface area contributed by atoms with Gasteiger partial charge in [0.15, 0.2) is 0 Å². The maximum absolute atomic E-state index is 11.3. The maximum Gasteiger partial charge on any atom is 0.490 e. The van der Waals surface area contributed by atoms with E-state index < -0.39 is 23.7 Å². The van der Waals surface area contributed by atoms with E-state index in [-0.39, 0.29) is 18.7 Å². The first-order valence-corrected chi connectivity index (χ1v) is 15.8. The molecule has 2 aromatic heterocycles. The van der Waals surface area contributed by atoms with Crippen molar-refractivity contribution in [3.05, 3.63) is 80.2 Å². The summed E-state index contributed by atoms with van der Waals surface area (Å²) in [6, 6.07) is 15.7. The average molecular weight is 672 g/mol. The van der Waals surface area contributed by atoms with Crippen molar-refractivity contribution in [2.45, 2.75) is 63.1 Å². The number of aliphatic hydroxyl groups excluding tert-OH is 1. The highest BCUT2D eigenvalue weighted by atomic mass is 32.1. The van der Waals surface area contributed by atoms with Gasteiger partial charge in [-0.3, -0.25) is 9.69 Å². The van der Waals surface area contributed by atoms with Crippen molar-refractivity contribution in [1.82, 2.24) is 4.90 Å². The van der Waals surface area contributed by atoms with Crippen LogP contribution in [-0.2, 0) is 37.7 Å². The molecule has 0 saturated heterocycles. The van der Waals surface area contributed by atoms with Crippen LogP contribution >= 0.6 is 22.7 Å². The Labute approximate surface area is 266 Å². The third kappa shape index (κ3) is 9.36. The van der Waals surface area contributed by atoms with Crippen molar-refractivity contribution in [3.63, 3.8) is 0 Å². The molecule has 2 saturated carbocycles. The molecule has 45 heavy (non-hydrogen) atoms. The smallest absolute Gasteiger partial charge is 0.479 e. The quantitative estimate of drug-likeness (QED) is 0.227. The number of nitrogens with zero attached hydrogens (tertiary/aromatic N) is 1. The molecule has 246 valence electrons. The molecule has 2 fully saturated rings. The number of ether oxygens (including phenoxy) is 1. The Kier molecular flexibility index (Phi) is 12.7. The number of alkyl halides is 3. The Morgan fingerprint density at radius 1 is 0.956 bits per heavy atom. The summed E-state index contributed by atoms with van der Waals surface area (Å²) < 4.78 is 37.3. The molecule has 2 aliphatic carbocycles. The van der Waals surface area contributed by atoms with Gasteiger partial charge in [0.25, 0.3) is 0 Å². The Bertz CT molecular complexity index is 1360. The molecule has 9 nitrogen and oxygen atoms in total. The molecule has 1 aromatic carbocycles. The van der Waals surface area contributed by atoms with Crippen molar-refractivity contribution in [2.75, 3.05) is 13.7 Å². The van der Waals surface area contributed by atoms with Gasteiger partial charge in [0.2, 0.25) is 5.60 Å². The van der Waals surface area contributed by atoms with Gasteiger partial charge < -0.3 is 25.2 Å². The molecule has 4 N–H and O–H groups in total. The fourth-order valence-corrected chi connectivity index (χ4v) is 7.70. The van der Waals surface area contributed by atoms with E-state index in [1.807, 2.05) is 0 Å². The minimum absolute atomic E-state index is 0.111. The van der Waals surface area contributed by atoms with Crippen LogP contribution in [0.25, 0.3) is 0 Å².